The van der Waals surface area contributed by atoms with E-state index in [9.17, 15) is 0 Å². The van der Waals surface area contributed by atoms with E-state index in [1.165, 1.54) is 58.3 Å². The Morgan fingerprint density at radius 2 is 1.92 bits per heavy atom. The summed E-state index contributed by atoms with van der Waals surface area (Å²) in [7, 11) is 2.23. The van der Waals surface area contributed by atoms with Crippen LogP contribution in [0.4, 0.5) is 0 Å². The average molecular weight is 352 g/mol. The van der Waals surface area contributed by atoms with Crippen LogP contribution in [0.25, 0.3) is 0 Å². The van der Waals surface area contributed by atoms with Crippen molar-refractivity contribution in [1.29, 1.82) is 0 Å². The molecule has 2 fully saturated rings. The highest BCUT2D eigenvalue weighted by Gasteiger charge is 2.31. The number of hydrogen-bond acceptors (Lipinski definition) is 3. The standard InChI is InChI=1S/C20H41N5/c1-5-9-20(3)10-7-14-25(18-20)19(21-6-2)22-11-15-24-13-8-12-23(4)16-17-24/h5-18H2,1-4H3,(H,21,22). The summed E-state index contributed by atoms with van der Waals surface area (Å²) in [4.78, 5) is 12.5. The van der Waals surface area contributed by atoms with Gasteiger partial charge in [0, 0.05) is 39.3 Å². The van der Waals surface area contributed by atoms with Crippen LogP contribution in [-0.2, 0) is 0 Å². The van der Waals surface area contributed by atoms with Crippen LogP contribution in [-0.4, -0.2) is 86.6 Å². The maximum atomic E-state index is 4.98. The van der Waals surface area contributed by atoms with E-state index in [-0.39, 0.29) is 0 Å². The number of hydrogen-bond donors (Lipinski definition) is 1. The highest BCUT2D eigenvalue weighted by Crippen LogP contribution is 2.33. The molecule has 2 saturated heterocycles. The highest BCUT2D eigenvalue weighted by molar-refractivity contribution is 5.80. The van der Waals surface area contributed by atoms with Crippen molar-refractivity contribution in [3.63, 3.8) is 0 Å². The number of aliphatic imine (C=N–C) groups is 1. The Hall–Kier alpha value is -0.810. The molecule has 2 heterocycles. The number of likely N-dealkylation sites (tertiary alicyclic amines) is 1. The van der Waals surface area contributed by atoms with Crippen molar-refractivity contribution < 1.29 is 0 Å². The summed E-state index contributed by atoms with van der Waals surface area (Å²) in [6, 6.07) is 0. The van der Waals surface area contributed by atoms with Gasteiger partial charge in [0.05, 0.1) is 6.54 Å². The fourth-order valence-electron chi connectivity index (χ4n) is 4.35. The molecule has 25 heavy (non-hydrogen) atoms. The third-order valence-electron chi connectivity index (χ3n) is 5.76. The van der Waals surface area contributed by atoms with E-state index in [0.29, 0.717) is 5.41 Å². The third-order valence-corrected chi connectivity index (χ3v) is 5.76. The number of guanidine groups is 1. The molecule has 0 saturated carbocycles. The van der Waals surface area contributed by atoms with Gasteiger partial charge >= 0.3 is 0 Å². The lowest BCUT2D eigenvalue weighted by atomic mass is 9.78. The molecule has 2 aliphatic heterocycles. The van der Waals surface area contributed by atoms with Gasteiger partial charge in [-0.1, -0.05) is 20.3 Å². The van der Waals surface area contributed by atoms with Gasteiger partial charge in [-0.05, 0) is 58.2 Å². The molecule has 1 atom stereocenters. The molecule has 0 aliphatic carbocycles. The molecule has 0 aromatic carbocycles. The summed E-state index contributed by atoms with van der Waals surface area (Å²) in [6.07, 6.45) is 6.53. The Kier molecular flexibility index (Phi) is 8.50. The molecule has 1 unspecified atom stereocenters. The van der Waals surface area contributed by atoms with Gasteiger partial charge in [0.2, 0.25) is 0 Å². The smallest absolute Gasteiger partial charge is 0.193 e. The summed E-state index contributed by atoms with van der Waals surface area (Å²) in [5.74, 6) is 1.14. The van der Waals surface area contributed by atoms with Crippen LogP contribution in [0.3, 0.4) is 0 Å². The van der Waals surface area contributed by atoms with E-state index in [4.69, 9.17) is 4.99 Å². The molecule has 5 nitrogen and oxygen atoms in total. The van der Waals surface area contributed by atoms with Gasteiger partial charge in [-0.15, -0.1) is 0 Å². The van der Waals surface area contributed by atoms with Gasteiger partial charge in [0.1, 0.15) is 0 Å². The summed E-state index contributed by atoms with van der Waals surface area (Å²) in [6.45, 7) is 17.0. The molecule has 0 amide bonds. The molecule has 1 N–H and O–H groups in total. The lowest BCUT2D eigenvalue weighted by Gasteiger charge is -2.42. The van der Waals surface area contributed by atoms with Gasteiger partial charge in [-0.3, -0.25) is 4.99 Å². The quantitative estimate of drug-likeness (QED) is 0.589. The van der Waals surface area contributed by atoms with Crippen LogP contribution in [0.1, 0.15) is 52.9 Å². The fraction of sp³-hybridized carbons (Fsp3) is 0.950. The van der Waals surface area contributed by atoms with Crippen LogP contribution in [0.2, 0.25) is 0 Å². The maximum absolute atomic E-state index is 4.98. The molecular formula is C20H41N5. The van der Waals surface area contributed by atoms with Crippen LogP contribution >= 0.6 is 0 Å². The zero-order chi connectivity index (χ0) is 18.1. The lowest BCUT2D eigenvalue weighted by Crippen LogP contribution is -2.50. The molecule has 2 aliphatic rings. The summed E-state index contributed by atoms with van der Waals surface area (Å²) in [5, 5.41) is 3.54. The van der Waals surface area contributed by atoms with Crippen molar-refractivity contribution in [1.82, 2.24) is 20.0 Å². The second-order valence-corrected chi connectivity index (χ2v) is 8.32. The SMILES string of the molecule is CCCC1(C)CCCN(C(=NCCN2CCCN(C)CC2)NCC)C1. The molecule has 0 aromatic rings. The van der Waals surface area contributed by atoms with Gasteiger partial charge in [0.15, 0.2) is 5.96 Å². The number of nitrogens with zero attached hydrogens (tertiary/aromatic N) is 4. The Morgan fingerprint density at radius 1 is 1.08 bits per heavy atom. The minimum Gasteiger partial charge on any atom is -0.357 e. The minimum absolute atomic E-state index is 0.457. The van der Waals surface area contributed by atoms with Gasteiger partial charge in [-0.25, -0.2) is 0 Å². The Morgan fingerprint density at radius 3 is 2.68 bits per heavy atom. The minimum atomic E-state index is 0.457. The van der Waals surface area contributed by atoms with Gasteiger partial charge in [0.25, 0.3) is 0 Å². The Labute approximate surface area is 155 Å². The first-order valence-electron chi connectivity index (χ1n) is 10.5. The van der Waals surface area contributed by atoms with E-state index >= 15 is 0 Å². The zero-order valence-electron chi connectivity index (χ0n) is 17.2. The van der Waals surface area contributed by atoms with Crippen molar-refractivity contribution >= 4 is 5.96 Å². The normalized spacial score (nSPS) is 27.4. The first-order chi connectivity index (χ1) is 12.1. The largest absolute Gasteiger partial charge is 0.357 e. The van der Waals surface area contributed by atoms with E-state index in [0.717, 1.165) is 38.7 Å². The second-order valence-electron chi connectivity index (χ2n) is 8.32. The molecule has 0 spiro atoms. The van der Waals surface area contributed by atoms with Crippen molar-refractivity contribution in [2.24, 2.45) is 10.4 Å². The lowest BCUT2D eigenvalue weighted by molar-refractivity contribution is 0.142. The van der Waals surface area contributed by atoms with Crippen LogP contribution in [0.15, 0.2) is 4.99 Å². The Balaban J connectivity index is 1.89. The van der Waals surface area contributed by atoms with Crippen LogP contribution < -0.4 is 5.32 Å². The van der Waals surface area contributed by atoms with Crippen molar-refractivity contribution in [2.45, 2.75) is 52.9 Å². The number of piperidine rings is 1. The molecule has 0 bridgehead atoms. The van der Waals surface area contributed by atoms with E-state index in [1.807, 2.05) is 0 Å². The highest BCUT2D eigenvalue weighted by atomic mass is 15.3. The average Bonchev–Trinajstić information content (AvgIpc) is 2.78. The van der Waals surface area contributed by atoms with E-state index < -0.39 is 0 Å². The molecule has 146 valence electrons. The summed E-state index contributed by atoms with van der Waals surface area (Å²) in [5.41, 5.74) is 0.457. The van der Waals surface area contributed by atoms with Crippen LogP contribution in [0.5, 0.6) is 0 Å². The molecule has 0 aromatic heterocycles. The molecule has 0 radical (unpaired) electrons. The maximum Gasteiger partial charge on any atom is 0.193 e. The topological polar surface area (TPSA) is 34.1 Å². The summed E-state index contributed by atoms with van der Waals surface area (Å²) >= 11 is 0. The molecule has 2 rings (SSSR count). The number of nitrogens with one attached hydrogen (secondary N) is 1. The van der Waals surface area contributed by atoms with E-state index in [1.54, 1.807) is 0 Å². The third kappa shape index (κ3) is 6.78. The number of likely N-dealkylation sites (N-methyl/N-ethyl adjacent to an activating group) is 1. The molecular weight excluding hydrogens is 310 g/mol. The predicted octanol–water partition coefficient (Wildman–Crippen LogP) is 2.49. The number of rotatable bonds is 6. The van der Waals surface area contributed by atoms with Crippen LogP contribution in [0, 0.1) is 5.41 Å². The van der Waals surface area contributed by atoms with Crippen molar-refractivity contribution in [3.8, 4) is 0 Å². The van der Waals surface area contributed by atoms with Crippen molar-refractivity contribution in [2.75, 3.05) is 66.0 Å². The Bertz CT molecular complexity index is 407. The van der Waals surface area contributed by atoms with E-state index in [2.05, 4.69) is 47.8 Å². The van der Waals surface area contributed by atoms with Gasteiger partial charge in [-0.2, -0.15) is 0 Å². The molecule has 5 heteroatoms. The monoisotopic (exact) mass is 351 g/mol. The van der Waals surface area contributed by atoms with Crippen molar-refractivity contribution in [3.05, 3.63) is 0 Å². The second kappa shape index (κ2) is 10.4. The summed E-state index contributed by atoms with van der Waals surface area (Å²) < 4.78 is 0. The first-order valence-corrected chi connectivity index (χ1v) is 10.5. The first kappa shape index (κ1) is 20.5. The predicted molar refractivity (Wildman–Crippen MR) is 108 cm³/mol. The zero-order valence-corrected chi connectivity index (χ0v) is 17.2. The fourth-order valence-corrected chi connectivity index (χ4v) is 4.35. The van der Waals surface area contributed by atoms with Gasteiger partial charge < -0.3 is 20.0 Å².